The van der Waals surface area contributed by atoms with Gasteiger partial charge < -0.3 is 9.84 Å². The molecule has 1 saturated carbocycles. The van der Waals surface area contributed by atoms with Crippen molar-refractivity contribution in [2.24, 2.45) is 0 Å². The fourth-order valence-corrected chi connectivity index (χ4v) is 3.08. The molecule has 2 unspecified atom stereocenters. The van der Waals surface area contributed by atoms with E-state index in [1.165, 1.54) is 31.4 Å². The molecule has 0 aliphatic heterocycles. The number of benzene rings is 1. The quantitative estimate of drug-likeness (QED) is 0.878. The van der Waals surface area contributed by atoms with Crippen LogP contribution in [0.1, 0.15) is 43.9 Å². The molecule has 5 heteroatoms. The summed E-state index contributed by atoms with van der Waals surface area (Å²) in [6.07, 6.45) is 5.84. The first-order valence-electron chi connectivity index (χ1n) is 7.55. The Balaban J connectivity index is 1.86. The molecule has 21 heavy (non-hydrogen) atoms. The van der Waals surface area contributed by atoms with E-state index in [-0.39, 0.29) is 11.7 Å². The minimum Gasteiger partial charge on any atom is -0.339 e. The molecule has 4 nitrogen and oxygen atoms in total. The van der Waals surface area contributed by atoms with Crippen molar-refractivity contribution >= 4 is 0 Å². The zero-order chi connectivity index (χ0) is 14.7. The van der Waals surface area contributed by atoms with E-state index in [2.05, 4.69) is 15.5 Å². The number of likely N-dealkylation sites (N-methyl/N-ethyl adjacent to an activating group) is 1. The van der Waals surface area contributed by atoms with Gasteiger partial charge in [0.05, 0.1) is 5.92 Å². The molecule has 1 aromatic carbocycles. The smallest absolute Gasteiger partial charge is 0.231 e. The van der Waals surface area contributed by atoms with Crippen LogP contribution in [0.5, 0.6) is 0 Å². The van der Waals surface area contributed by atoms with Crippen LogP contribution in [-0.4, -0.2) is 23.2 Å². The summed E-state index contributed by atoms with van der Waals surface area (Å²) >= 11 is 0. The predicted octanol–water partition coefficient (Wildman–Crippen LogP) is 3.51. The Kier molecular flexibility index (Phi) is 4.29. The van der Waals surface area contributed by atoms with Gasteiger partial charge in [-0.05, 0) is 32.0 Å². The Morgan fingerprint density at radius 3 is 2.90 bits per heavy atom. The van der Waals surface area contributed by atoms with Gasteiger partial charge in [-0.2, -0.15) is 4.98 Å². The lowest BCUT2D eigenvalue weighted by Gasteiger charge is -2.20. The van der Waals surface area contributed by atoms with Crippen LogP contribution in [0.3, 0.4) is 0 Å². The summed E-state index contributed by atoms with van der Waals surface area (Å²) in [5, 5.41) is 7.38. The number of rotatable bonds is 3. The van der Waals surface area contributed by atoms with E-state index in [9.17, 15) is 4.39 Å². The zero-order valence-electron chi connectivity index (χ0n) is 12.2. The number of hydrogen-bond acceptors (Lipinski definition) is 4. The Bertz CT molecular complexity index is 599. The molecule has 1 aliphatic rings. The first-order chi connectivity index (χ1) is 10.3. The predicted molar refractivity (Wildman–Crippen MR) is 78.4 cm³/mol. The van der Waals surface area contributed by atoms with Gasteiger partial charge in [0.25, 0.3) is 0 Å². The van der Waals surface area contributed by atoms with Crippen LogP contribution >= 0.6 is 0 Å². The van der Waals surface area contributed by atoms with Gasteiger partial charge in [-0.15, -0.1) is 0 Å². The van der Waals surface area contributed by atoms with Crippen molar-refractivity contribution in [1.29, 1.82) is 0 Å². The van der Waals surface area contributed by atoms with Crippen LogP contribution in [0.15, 0.2) is 28.8 Å². The van der Waals surface area contributed by atoms with Gasteiger partial charge in [0.2, 0.25) is 11.7 Å². The summed E-state index contributed by atoms with van der Waals surface area (Å²) < 4.78 is 18.8. The van der Waals surface area contributed by atoms with Crippen molar-refractivity contribution < 1.29 is 8.91 Å². The van der Waals surface area contributed by atoms with E-state index >= 15 is 0 Å². The van der Waals surface area contributed by atoms with Gasteiger partial charge in [0.15, 0.2) is 0 Å². The molecular weight excluding hydrogens is 269 g/mol. The normalized spacial score (nSPS) is 23.0. The highest BCUT2D eigenvalue weighted by molar-refractivity contribution is 5.53. The van der Waals surface area contributed by atoms with Crippen LogP contribution in [0.25, 0.3) is 11.4 Å². The summed E-state index contributed by atoms with van der Waals surface area (Å²) in [7, 11) is 1.98. The average molecular weight is 289 g/mol. The van der Waals surface area contributed by atoms with E-state index in [4.69, 9.17) is 4.52 Å². The van der Waals surface area contributed by atoms with Gasteiger partial charge in [0, 0.05) is 11.6 Å². The minimum atomic E-state index is -0.290. The molecule has 3 rings (SSSR count). The highest BCUT2D eigenvalue weighted by atomic mass is 19.1. The third kappa shape index (κ3) is 3.13. The van der Waals surface area contributed by atoms with Crippen LogP contribution < -0.4 is 5.32 Å². The monoisotopic (exact) mass is 289 g/mol. The maximum absolute atomic E-state index is 13.3. The number of nitrogens with zero attached hydrogens (tertiary/aromatic N) is 2. The standard InChI is InChI=1S/C16H20FN3O/c1-18-14-9-4-2-3-8-13(14)16-19-15(20-21-16)11-6-5-7-12(17)10-11/h5-7,10,13-14,18H,2-4,8-9H2,1H3. The molecular formula is C16H20FN3O. The van der Waals surface area contributed by atoms with Crippen molar-refractivity contribution in [2.75, 3.05) is 7.05 Å². The fourth-order valence-electron chi connectivity index (χ4n) is 3.08. The molecule has 2 atom stereocenters. The van der Waals surface area contributed by atoms with Crippen LogP contribution in [0, 0.1) is 5.82 Å². The van der Waals surface area contributed by atoms with Crippen molar-refractivity contribution in [3.8, 4) is 11.4 Å². The maximum Gasteiger partial charge on any atom is 0.231 e. The van der Waals surface area contributed by atoms with Gasteiger partial charge in [-0.3, -0.25) is 0 Å². The Morgan fingerprint density at radius 2 is 2.10 bits per heavy atom. The summed E-state index contributed by atoms with van der Waals surface area (Å²) in [6, 6.07) is 6.65. The average Bonchev–Trinajstić information content (AvgIpc) is 2.86. The van der Waals surface area contributed by atoms with E-state index in [0.29, 0.717) is 23.3 Å². The Morgan fingerprint density at radius 1 is 1.24 bits per heavy atom. The molecule has 1 aliphatic carbocycles. The van der Waals surface area contributed by atoms with E-state index < -0.39 is 0 Å². The molecule has 1 fully saturated rings. The third-order valence-corrected chi connectivity index (χ3v) is 4.23. The van der Waals surface area contributed by atoms with Gasteiger partial charge in [-0.25, -0.2) is 4.39 Å². The molecule has 2 aromatic rings. The second-order valence-corrected chi connectivity index (χ2v) is 5.61. The van der Waals surface area contributed by atoms with E-state index in [0.717, 1.165) is 12.8 Å². The topological polar surface area (TPSA) is 51.0 Å². The van der Waals surface area contributed by atoms with Gasteiger partial charge >= 0.3 is 0 Å². The lowest BCUT2D eigenvalue weighted by molar-refractivity contribution is 0.311. The molecule has 112 valence electrons. The number of hydrogen-bond donors (Lipinski definition) is 1. The first-order valence-corrected chi connectivity index (χ1v) is 7.55. The third-order valence-electron chi connectivity index (χ3n) is 4.23. The molecule has 0 spiro atoms. The summed E-state index contributed by atoms with van der Waals surface area (Å²) in [6.45, 7) is 0. The van der Waals surface area contributed by atoms with Crippen molar-refractivity contribution in [1.82, 2.24) is 15.5 Å². The Labute approximate surface area is 123 Å². The molecule has 0 radical (unpaired) electrons. The fraction of sp³-hybridized carbons (Fsp3) is 0.500. The molecule has 1 aromatic heterocycles. The first kappa shape index (κ1) is 14.2. The van der Waals surface area contributed by atoms with Gasteiger partial charge in [-0.1, -0.05) is 36.6 Å². The molecule has 0 bridgehead atoms. The molecule has 0 saturated heterocycles. The highest BCUT2D eigenvalue weighted by Gasteiger charge is 2.28. The number of halogens is 1. The van der Waals surface area contributed by atoms with Crippen molar-refractivity contribution in [2.45, 2.75) is 44.1 Å². The van der Waals surface area contributed by atoms with Crippen molar-refractivity contribution in [3.05, 3.63) is 36.0 Å². The molecule has 1 heterocycles. The SMILES string of the molecule is CNC1CCCCCC1c1nc(-c2cccc(F)c2)no1. The summed E-state index contributed by atoms with van der Waals surface area (Å²) in [5.74, 6) is 1.08. The number of aromatic nitrogens is 2. The second-order valence-electron chi connectivity index (χ2n) is 5.61. The lowest BCUT2D eigenvalue weighted by atomic mass is 9.95. The maximum atomic E-state index is 13.3. The van der Waals surface area contributed by atoms with Crippen LogP contribution in [0.2, 0.25) is 0 Å². The van der Waals surface area contributed by atoms with Crippen LogP contribution in [0.4, 0.5) is 4.39 Å². The molecule has 1 N–H and O–H groups in total. The zero-order valence-corrected chi connectivity index (χ0v) is 12.2. The Hall–Kier alpha value is -1.75. The summed E-state index contributed by atoms with van der Waals surface area (Å²) in [4.78, 5) is 4.50. The highest BCUT2D eigenvalue weighted by Crippen LogP contribution is 2.32. The minimum absolute atomic E-state index is 0.243. The van der Waals surface area contributed by atoms with Crippen molar-refractivity contribution in [3.63, 3.8) is 0 Å². The van der Waals surface area contributed by atoms with Gasteiger partial charge in [0.1, 0.15) is 5.82 Å². The number of nitrogens with one attached hydrogen (secondary N) is 1. The van der Waals surface area contributed by atoms with E-state index in [1.54, 1.807) is 12.1 Å². The lowest BCUT2D eigenvalue weighted by Crippen LogP contribution is -2.31. The van der Waals surface area contributed by atoms with E-state index in [1.807, 2.05) is 7.05 Å². The molecule has 0 amide bonds. The van der Waals surface area contributed by atoms with Crippen LogP contribution in [-0.2, 0) is 0 Å². The largest absolute Gasteiger partial charge is 0.339 e. The second kappa shape index (κ2) is 6.35. The summed E-state index contributed by atoms with van der Waals surface area (Å²) in [5.41, 5.74) is 0.652.